The lowest BCUT2D eigenvalue weighted by Crippen LogP contribution is -2.24. The highest BCUT2D eigenvalue weighted by molar-refractivity contribution is 7.08. The topological polar surface area (TPSA) is 68.0 Å². The summed E-state index contributed by atoms with van der Waals surface area (Å²) >= 11 is 1.58. The fourth-order valence-electron chi connectivity index (χ4n) is 2.85. The first-order valence-electron chi connectivity index (χ1n) is 8.21. The predicted octanol–water partition coefficient (Wildman–Crippen LogP) is 3.97. The molecule has 0 aliphatic carbocycles. The van der Waals surface area contributed by atoms with E-state index < -0.39 is 0 Å². The van der Waals surface area contributed by atoms with Crippen LogP contribution in [-0.2, 0) is 17.8 Å². The van der Waals surface area contributed by atoms with Crippen molar-refractivity contribution in [3.05, 3.63) is 57.1 Å². The van der Waals surface area contributed by atoms with E-state index in [-0.39, 0.29) is 5.91 Å². The monoisotopic (exact) mass is 355 g/mol. The second kappa shape index (κ2) is 7.61. The SMILES string of the molecule is Cc1cc(C)c(CNC(=O)CCc2nc(-c3ccsc3)no2)c(C)c1. The van der Waals surface area contributed by atoms with Crippen LogP contribution in [0.1, 0.15) is 34.6 Å². The summed E-state index contributed by atoms with van der Waals surface area (Å²) in [4.78, 5) is 16.4. The van der Waals surface area contributed by atoms with Crippen molar-refractivity contribution < 1.29 is 9.32 Å². The third-order valence-electron chi connectivity index (χ3n) is 4.12. The fourth-order valence-corrected chi connectivity index (χ4v) is 3.48. The third kappa shape index (κ3) is 4.33. The average molecular weight is 355 g/mol. The van der Waals surface area contributed by atoms with Gasteiger partial charge < -0.3 is 9.84 Å². The van der Waals surface area contributed by atoms with Gasteiger partial charge in [0.2, 0.25) is 17.6 Å². The van der Waals surface area contributed by atoms with Crippen LogP contribution in [0.5, 0.6) is 0 Å². The summed E-state index contributed by atoms with van der Waals surface area (Å²) in [6, 6.07) is 6.22. The number of amides is 1. The van der Waals surface area contributed by atoms with Crippen LogP contribution in [0.25, 0.3) is 11.4 Å². The minimum atomic E-state index is -0.0188. The number of thiophene rings is 1. The van der Waals surface area contributed by atoms with Gasteiger partial charge in [-0.15, -0.1) is 0 Å². The van der Waals surface area contributed by atoms with Crippen molar-refractivity contribution in [1.82, 2.24) is 15.5 Å². The van der Waals surface area contributed by atoms with Crippen LogP contribution >= 0.6 is 11.3 Å². The van der Waals surface area contributed by atoms with Crippen molar-refractivity contribution in [2.45, 2.75) is 40.2 Å². The molecule has 0 radical (unpaired) electrons. The predicted molar refractivity (Wildman–Crippen MR) is 98.4 cm³/mol. The van der Waals surface area contributed by atoms with Crippen LogP contribution in [0.3, 0.4) is 0 Å². The third-order valence-corrected chi connectivity index (χ3v) is 4.80. The van der Waals surface area contributed by atoms with Crippen LogP contribution in [0.15, 0.2) is 33.5 Å². The molecule has 130 valence electrons. The van der Waals surface area contributed by atoms with Crippen LogP contribution in [0, 0.1) is 20.8 Å². The Kier molecular flexibility index (Phi) is 5.28. The number of aryl methyl sites for hydroxylation is 4. The largest absolute Gasteiger partial charge is 0.352 e. The standard InChI is InChI=1S/C19H21N3O2S/c1-12-8-13(2)16(14(3)9-12)10-20-17(23)4-5-18-21-19(22-24-18)15-6-7-25-11-15/h6-9,11H,4-5,10H2,1-3H3,(H,20,23). The number of carbonyl (C=O) groups is 1. The summed E-state index contributed by atoms with van der Waals surface area (Å²) in [5.41, 5.74) is 5.76. The molecule has 25 heavy (non-hydrogen) atoms. The second-order valence-electron chi connectivity index (χ2n) is 6.18. The number of aromatic nitrogens is 2. The summed E-state index contributed by atoms with van der Waals surface area (Å²) < 4.78 is 5.22. The van der Waals surface area contributed by atoms with Gasteiger partial charge in [-0.3, -0.25) is 4.79 Å². The first kappa shape index (κ1) is 17.4. The van der Waals surface area contributed by atoms with Crippen molar-refractivity contribution in [2.24, 2.45) is 0 Å². The molecule has 0 fully saturated rings. The fraction of sp³-hybridized carbons (Fsp3) is 0.316. The van der Waals surface area contributed by atoms with E-state index in [1.54, 1.807) is 11.3 Å². The summed E-state index contributed by atoms with van der Waals surface area (Å²) in [6.07, 6.45) is 0.768. The molecule has 0 unspecified atom stereocenters. The molecule has 1 N–H and O–H groups in total. The van der Waals surface area contributed by atoms with Gasteiger partial charge in [-0.1, -0.05) is 22.9 Å². The highest BCUT2D eigenvalue weighted by atomic mass is 32.1. The molecule has 2 heterocycles. The Morgan fingerprint density at radius 1 is 1.24 bits per heavy atom. The summed E-state index contributed by atoms with van der Waals surface area (Å²) in [7, 11) is 0. The Morgan fingerprint density at radius 2 is 2.00 bits per heavy atom. The van der Waals surface area contributed by atoms with Crippen LogP contribution < -0.4 is 5.32 Å². The van der Waals surface area contributed by atoms with E-state index in [9.17, 15) is 4.79 Å². The van der Waals surface area contributed by atoms with Crippen molar-refractivity contribution >= 4 is 17.2 Å². The Morgan fingerprint density at radius 3 is 2.68 bits per heavy atom. The van der Waals surface area contributed by atoms with Crippen molar-refractivity contribution in [2.75, 3.05) is 0 Å². The molecule has 1 aromatic carbocycles. The molecular weight excluding hydrogens is 334 g/mol. The number of carbonyl (C=O) groups excluding carboxylic acids is 1. The maximum atomic E-state index is 12.1. The second-order valence-corrected chi connectivity index (χ2v) is 6.96. The van der Waals surface area contributed by atoms with E-state index in [0.29, 0.717) is 31.1 Å². The van der Waals surface area contributed by atoms with E-state index in [1.807, 2.05) is 16.8 Å². The number of benzene rings is 1. The van der Waals surface area contributed by atoms with Gasteiger partial charge in [0.1, 0.15) is 0 Å². The van der Waals surface area contributed by atoms with E-state index in [4.69, 9.17) is 4.52 Å². The molecule has 6 heteroatoms. The summed E-state index contributed by atoms with van der Waals surface area (Å²) in [6.45, 7) is 6.77. The lowest BCUT2D eigenvalue weighted by molar-refractivity contribution is -0.121. The van der Waals surface area contributed by atoms with E-state index in [0.717, 1.165) is 5.56 Å². The molecule has 0 saturated heterocycles. The van der Waals surface area contributed by atoms with E-state index >= 15 is 0 Å². The molecule has 0 aliphatic rings. The van der Waals surface area contributed by atoms with Crippen LogP contribution in [0.4, 0.5) is 0 Å². The van der Waals surface area contributed by atoms with Crippen molar-refractivity contribution in [3.8, 4) is 11.4 Å². The van der Waals surface area contributed by atoms with Gasteiger partial charge in [0.15, 0.2) is 0 Å². The molecule has 0 saturated carbocycles. The summed E-state index contributed by atoms with van der Waals surface area (Å²) in [5, 5.41) is 10.9. The minimum absolute atomic E-state index is 0.0188. The van der Waals surface area contributed by atoms with E-state index in [2.05, 4.69) is 48.4 Å². The molecule has 3 aromatic rings. The molecule has 3 rings (SSSR count). The van der Waals surface area contributed by atoms with Gasteiger partial charge >= 0.3 is 0 Å². The molecule has 1 amide bonds. The molecule has 0 spiro atoms. The molecule has 0 atom stereocenters. The number of hydrogen-bond donors (Lipinski definition) is 1. The summed E-state index contributed by atoms with van der Waals surface area (Å²) in [5.74, 6) is 1.04. The van der Waals surface area contributed by atoms with Gasteiger partial charge in [-0.2, -0.15) is 16.3 Å². The zero-order valence-corrected chi connectivity index (χ0v) is 15.4. The molecule has 2 aromatic heterocycles. The Labute approximate surface area is 151 Å². The first-order chi connectivity index (χ1) is 12.0. The average Bonchev–Trinajstić information content (AvgIpc) is 3.23. The number of hydrogen-bond acceptors (Lipinski definition) is 5. The highest BCUT2D eigenvalue weighted by Crippen LogP contribution is 2.19. The van der Waals surface area contributed by atoms with Crippen LogP contribution in [0.2, 0.25) is 0 Å². The first-order valence-corrected chi connectivity index (χ1v) is 9.16. The Balaban J connectivity index is 1.52. The maximum absolute atomic E-state index is 12.1. The van der Waals surface area contributed by atoms with Gasteiger partial charge in [-0.05, 0) is 48.9 Å². The van der Waals surface area contributed by atoms with Gasteiger partial charge in [0, 0.05) is 30.3 Å². The highest BCUT2D eigenvalue weighted by Gasteiger charge is 2.11. The van der Waals surface area contributed by atoms with E-state index in [1.165, 1.54) is 22.3 Å². The van der Waals surface area contributed by atoms with Gasteiger partial charge in [0.25, 0.3) is 0 Å². The molecule has 5 nitrogen and oxygen atoms in total. The van der Waals surface area contributed by atoms with Gasteiger partial charge in [0.05, 0.1) is 0 Å². The molecular formula is C19H21N3O2S. The molecule has 0 bridgehead atoms. The van der Waals surface area contributed by atoms with Crippen molar-refractivity contribution in [3.63, 3.8) is 0 Å². The maximum Gasteiger partial charge on any atom is 0.227 e. The Hall–Kier alpha value is -2.47. The molecule has 0 aliphatic heterocycles. The number of nitrogens with one attached hydrogen (secondary N) is 1. The lowest BCUT2D eigenvalue weighted by Gasteiger charge is -2.12. The zero-order valence-electron chi connectivity index (χ0n) is 14.6. The van der Waals surface area contributed by atoms with Crippen molar-refractivity contribution in [1.29, 1.82) is 0 Å². The van der Waals surface area contributed by atoms with Gasteiger partial charge in [-0.25, -0.2) is 0 Å². The quantitative estimate of drug-likeness (QED) is 0.726. The normalized spacial score (nSPS) is 10.8. The number of rotatable bonds is 6. The lowest BCUT2D eigenvalue weighted by atomic mass is 10.00. The van der Waals surface area contributed by atoms with Crippen LogP contribution in [-0.4, -0.2) is 16.0 Å². The smallest absolute Gasteiger partial charge is 0.227 e. The minimum Gasteiger partial charge on any atom is -0.352 e. The zero-order chi connectivity index (χ0) is 17.8. The number of nitrogens with zero attached hydrogens (tertiary/aromatic N) is 2. The Bertz CT molecular complexity index is 846.